The molecular formula is C48H38N2O2. The normalized spacial score (nSPS) is 11.2. The topological polar surface area (TPSA) is 26.6 Å². The Hall–Kier alpha value is -6.78. The lowest BCUT2D eigenvalue weighted by Gasteiger charge is -2.26. The molecule has 8 aromatic rings. The van der Waals surface area contributed by atoms with Crippen LogP contribution in [-0.4, -0.2) is 18.8 Å². The maximum absolute atomic E-state index is 5.43. The number of ether oxygens (including phenoxy) is 2. The third kappa shape index (κ3) is 6.46. The highest BCUT2D eigenvalue weighted by Gasteiger charge is 2.21. The zero-order chi connectivity index (χ0) is 35.3. The summed E-state index contributed by atoms with van der Waals surface area (Å²) in [6.07, 6.45) is 4.39. The standard InChI is InChI=1S/C48H38N2O2/c1-51-43-29-25-41(26-30-43)49(42-27-31-44(52-2)32-28-42)40-23-20-35(21-24-40)18-19-36-22-33-46-45(34-36)47(37-12-6-3-7-13-37)48(38-14-8-4-9-15-38)50(46)39-16-10-5-11-17-39/h3-34H,1-2H3. The molecule has 0 spiro atoms. The Morgan fingerprint density at radius 1 is 0.462 bits per heavy atom. The van der Waals surface area contributed by atoms with Gasteiger partial charge in [-0.1, -0.05) is 109 Å². The molecule has 0 bridgehead atoms. The van der Waals surface area contributed by atoms with Gasteiger partial charge in [-0.25, -0.2) is 0 Å². The second kappa shape index (κ2) is 14.6. The van der Waals surface area contributed by atoms with Crippen LogP contribution >= 0.6 is 0 Å². The van der Waals surface area contributed by atoms with Gasteiger partial charge in [0.15, 0.2) is 0 Å². The fraction of sp³-hybridized carbons (Fsp3) is 0.0417. The summed E-state index contributed by atoms with van der Waals surface area (Å²) >= 11 is 0. The Kier molecular flexibility index (Phi) is 9.10. The first kappa shape index (κ1) is 32.4. The van der Waals surface area contributed by atoms with Crippen LogP contribution in [0.3, 0.4) is 0 Å². The number of nitrogens with zero attached hydrogens (tertiary/aromatic N) is 2. The van der Waals surface area contributed by atoms with Crippen molar-refractivity contribution in [2.24, 2.45) is 0 Å². The van der Waals surface area contributed by atoms with E-state index in [-0.39, 0.29) is 0 Å². The summed E-state index contributed by atoms with van der Waals surface area (Å²) in [5.41, 5.74) is 12.5. The molecule has 7 aromatic carbocycles. The number of hydrogen-bond donors (Lipinski definition) is 0. The van der Waals surface area contributed by atoms with Crippen LogP contribution in [0.5, 0.6) is 11.5 Å². The van der Waals surface area contributed by atoms with Crippen LogP contribution in [-0.2, 0) is 0 Å². The zero-order valence-corrected chi connectivity index (χ0v) is 29.2. The quantitative estimate of drug-likeness (QED) is 0.135. The van der Waals surface area contributed by atoms with E-state index in [2.05, 4.69) is 179 Å². The highest BCUT2D eigenvalue weighted by molar-refractivity contribution is 6.06. The molecule has 0 aliphatic rings. The number of methoxy groups -OCH3 is 2. The molecule has 0 aliphatic heterocycles. The van der Waals surface area contributed by atoms with Gasteiger partial charge in [-0.3, -0.25) is 0 Å². The van der Waals surface area contributed by atoms with E-state index in [1.54, 1.807) is 14.2 Å². The third-order valence-electron chi connectivity index (χ3n) is 9.40. The number of rotatable bonds is 10. The van der Waals surface area contributed by atoms with Crippen molar-refractivity contribution in [3.63, 3.8) is 0 Å². The second-order valence-corrected chi connectivity index (χ2v) is 12.6. The minimum atomic E-state index is 0.820. The smallest absolute Gasteiger partial charge is 0.119 e. The van der Waals surface area contributed by atoms with Gasteiger partial charge in [-0.2, -0.15) is 0 Å². The summed E-state index contributed by atoms with van der Waals surface area (Å²) in [5.74, 6) is 1.64. The lowest BCUT2D eigenvalue weighted by molar-refractivity contribution is 0.415. The maximum Gasteiger partial charge on any atom is 0.119 e. The fourth-order valence-corrected chi connectivity index (χ4v) is 6.86. The van der Waals surface area contributed by atoms with Crippen LogP contribution in [0.25, 0.3) is 51.1 Å². The van der Waals surface area contributed by atoms with Crippen LogP contribution in [0.1, 0.15) is 11.1 Å². The minimum absolute atomic E-state index is 0.820. The largest absolute Gasteiger partial charge is 0.497 e. The molecule has 0 amide bonds. The van der Waals surface area contributed by atoms with Crippen LogP contribution in [0, 0.1) is 0 Å². The molecular weight excluding hydrogens is 637 g/mol. The zero-order valence-electron chi connectivity index (χ0n) is 29.2. The van der Waals surface area contributed by atoms with E-state index in [9.17, 15) is 0 Å². The summed E-state index contributed by atoms with van der Waals surface area (Å²) < 4.78 is 13.3. The minimum Gasteiger partial charge on any atom is -0.497 e. The predicted octanol–water partition coefficient (Wildman–Crippen LogP) is 12.6. The summed E-state index contributed by atoms with van der Waals surface area (Å²) in [6, 6.07) is 63.8. The molecule has 52 heavy (non-hydrogen) atoms. The summed E-state index contributed by atoms with van der Waals surface area (Å²) in [5, 5.41) is 1.21. The molecule has 0 unspecified atom stereocenters. The summed E-state index contributed by atoms with van der Waals surface area (Å²) in [7, 11) is 3.37. The van der Waals surface area contributed by atoms with Gasteiger partial charge >= 0.3 is 0 Å². The molecule has 0 aliphatic carbocycles. The van der Waals surface area contributed by atoms with Crippen molar-refractivity contribution >= 4 is 40.1 Å². The Morgan fingerprint density at radius 2 is 0.923 bits per heavy atom. The molecule has 252 valence electrons. The highest BCUT2D eigenvalue weighted by Crippen LogP contribution is 2.43. The van der Waals surface area contributed by atoms with Crippen LogP contribution < -0.4 is 14.4 Å². The number of aromatic nitrogens is 1. The number of benzene rings is 7. The SMILES string of the molecule is COc1ccc(N(c2ccc(C=Cc3ccc4c(c3)c(-c3ccccc3)c(-c3ccccc3)n4-c3ccccc3)cc2)c2ccc(OC)cc2)cc1. The van der Waals surface area contributed by atoms with E-state index >= 15 is 0 Å². The van der Waals surface area contributed by atoms with E-state index in [4.69, 9.17) is 9.47 Å². The Bertz CT molecular complexity index is 2390. The van der Waals surface area contributed by atoms with Gasteiger partial charge in [-0.05, 0) is 107 Å². The van der Waals surface area contributed by atoms with Crippen molar-refractivity contribution in [1.82, 2.24) is 4.57 Å². The van der Waals surface area contributed by atoms with Gasteiger partial charge in [0, 0.05) is 33.7 Å². The van der Waals surface area contributed by atoms with Crippen LogP contribution in [0.4, 0.5) is 17.1 Å². The van der Waals surface area contributed by atoms with Gasteiger partial charge in [0.25, 0.3) is 0 Å². The molecule has 0 N–H and O–H groups in total. The number of fused-ring (bicyclic) bond motifs is 1. The van der Waals surface area contributed by atoms with E-state index in [0.717, 1.165) is 45.4 Å². The lowest BCUT2D eigenvalue weighted by Crippen LogP contribution is -2.09. The van der Waals surface area contributed by atoms with Gasteiger partial charge < -0.3 is 18.9 Å². The average molecular weight is 675 g/mol. The van der Waals surface area contributed by atoms with Crippen LogP contribution in [0.2, 0.25) is 0 Å². The van der Waals surface area contributed by atoms with E-state index in [1.165, 1.54) is 33.3 Å². The average Bonchev–Trinajstić information content (AvgIpc) is 3.56. The van der Waals surface area contributed by atoms with Crippen molar-refractivity contribution in [3.05, 3.63) is 193 Å². The van der Waals surface area contributed by atoms with Gasteiger partial charge in [0.2, 0.25) is 0 Å². The maximum atomic E-state index is 5.43. The number of anilines is 3. The van der Waals surface area contributed by atoms with Gasteiger partial charge in [0.05, 0.1) is 25.4 Å². The van der Waals surface area contributed by atoms with Crippen molar-refractivity contribution < 1.29 is 9.47 Å². The molecule has 4 nitrogen and oxygen atoms in total. The molecule has 4 heteroatoms. The molecule has 0 atom stereocenters. The number of hydrogen-bond acceptors (Lipinski definition) is 3. The first-order valence-corrected chi connectivity index (χ1v) is 17.4. The first-order chi connectivity index (χ1) is 25.7. The first-order valence-electron chi connectivity index (χ1n) is 17.4. The molecule has 0 saturated carbocycles. The molecule has 0 saturated heterocycles. The Balaban J connectivity index is 1.18. The van der Waals surface area contributed by atoms with E-state index in [0.29, 0.717) is 0 Å². The summed E-state index contributed by atoms with van der Waals surface area (Å²) in [4.78, 5) is 2.23. The predicted molar refractivity (Wildman–Crippen MR) is 217 cm³/mol. The Labute approximate surface area is 305 Å². The molecule has 1 heterocycles. The van der Waals surface area contributed by atoms with Crippen molar-refractivity contribution in [1.29, 1.82) is 0 Å². The lowest BCUT2D eigenvalue weighted by atomic mass is 9.97. The monoisotopic (exact) mass is 674 g/mol. The molecule has 0 radical (unpaired) electrons. The van der Waals surface area contributed by atoms with E-state index < -0.39 is 0 Å². The number of para-hydroxylation sites is 1. The fourth-order valence-electron chi connectivity index (χ4n) is 6.86. The van der Waals surface area contributed by atoms with E-state index in [1.807, 2.05) is 24.3 Å². The third-order valence-corrected chi connectivity index (χ3v) is 9.40. The van der Waals surface area contributed by atoms with Crippen LogP contribution in [0.15, 0.2) is 182 Å². The Morgan fingerprint density at radius 3 is 1.46 bits per heavy atom. The summed E-state index contributed by atoms with van der Waals surface area (Å²) in [6.45, 7) is 0. The van der Waals surface area contributed by atoms with Gasteiger partial charge in [-0.15, -0.1) is 0 Å². The highest BCUT2D eigenvalue weighted by atomic mass is 16.5. The molecule has 8 rings (SSSR count). The van der Waals surface area contributed by atoms with Gasteiger partial charge in [0.1, 0.15) is 11.5 Å². The second-order valence-electron chi connectivity index (χ2n) is 12.6. The molecule has 0 fully saturated rings. The molecule has 1 aromatic heterocycles. The van der Waals surface area contributed by atoms with Crippen molar-refractivity contribution in [2.75, 3.05) is 19.1 Å². The van der Waals surface area contributed by atoms with Crippen molar-refractivity contribution in [3.8, 4) is 39.6 Å². The van der Waals surface area contributed by atoms with Crippen molar-refractivity contribution in [2.45, 2.75) is 0 Å².